The highest BCUT2D eigenvalue weighted by Crippen LogP contribution is 2.28. The van der Waals surface area contributed by atoms with Crippen LogP contribution in [-0.2, 0) is 11.2 Å². The molecule has 3 rings (SSSR count). The van der Waals surface area contributed by atoms with E-state index in [0.717, 1.165) is 63.9 Å². The highest BCUT2D eigenvalue weighted by Gasteiger charge is 2.12. The molecule has 2 aliphatic rings. The quantitative estimate of drug-likeness (QED) is 0.876. The van der Waals surface area contributed by atoms with Crippen molar-refractivity contribution in [3.63, 3.8) is 0 Å². The van der Waals surface area contributed by atoms with Crippen molar-refractivity contribution in [2.75, 3.05) is 51.3 Å². The van der Waals surface area contributed by atoms with Gasteiger partial charge in [-0.2, -0.15) is 0 Å². The predicted molar refractivity (Wildman–Crippen MR) is 71.4 cm³/mol. The first-order chi connectivity index (χ1) is 8.92. The van der Waals surface area contributed by atoms with Gasteiger partial charge in [0.25, 0.3) is 0 Å². The van der Waals surface area contributed by atoms with Gasteiger partial charge < -0.3 is 14.8 Å². The van der Waals surface area contributed by atoms with Gasteiger partial charge in [0, 0.05) is 26.2 Å². The van der Waals surface area contributed by atoms with Crippen LogP contribution in [0.4, 0.5) is 5.69 Å². The van der Waals surface area contributed by atoms with Crippen molar-refractivity contribution >= 4 is 5.69 Å². The van der Waals surface area contributed by atoms with Crippen molar-refractivity contribution < 1.29 is 9.47 Å². The standard InChI is InChI=1S/C14H20N2O2/c1-2-14-13(15-4-8-18-14)11-12(1)3-5-16-6-9-17-10-7-16/h1-2,11,15H,3-10H2. The van der Waals surface area contributed by atoms with Crippen molar-refractivity contribution in [1.29, 1.82) is 0 Å². The zero-order valence-corrected chi connectivity index (χ0v) is 10.7. The second kappa shape index (κ2) is 5.59. The van der Waals surface area contributed by atoms with Gasteiger partial charge in [0.1, 0.15) is 12.4 Å². The van der Waals surface area contributed by atoms with E-state index in [4.69, 9.17) is 9.47 Å². The average Bonchev–Trinajstić information content (AvgIpc) is 2.46. The summed E-state index contributed by atoms with van der Waals surface area (Å²) < 4.78 is 10.9. The summed E-state index contributed by atoms with van der Waals surface area (Å²) in [5, 5.41) is 3.38. The Bertz CT molecular complexity index is 403. The zero-order chi connectivity index (χ0) is 12.2. The van der Waals surface area contributed by atoms with Crippen LogP contribution in [0.15, 0.2) is 18.2 Å². The molecule has 1 aromatic carbocycles. The van der Waals surface area contributed by atoms with E-state index in [1.807, 2.05) is 0 Å². The predicted octanol–water partition coefficient (Wildman–Crippen LogP) is 1.37. The Morgan fingerprint density at radius 3 is 2.94 bits per heavy atom. The fourth-order valence-electron chi connectivity index (χ4n) is 2.46. The summed E-state index contributed by atoms with van der Waals surface area (Å²) in [6.45, 7) is 6.65. The van der Waals surface area contributed by atoms with Crippen LogP contribution >= 0.6 is 0 Å². The molecule has 0 saturated carbocycles. The molecule has 0 unspecified atom stereocenters. The maximum absolute atomic E-state index is 5.58. The minimum Gasteiger partial charge on any atom is -0.490 e. The van der Waals surface area contributed by atoms with Crippen LogP contribution in [-0.4, -0.2) is 50.9 Å². The molecule has 1 saturated heterocycles. The summed E-state index contributed by atoms with van der Waals surface area (Å²) in [5.74, 6) is 0.983. The highest BCUT2D eigenvalue weighted by molar-refractivity contribution is 5.59. The van der Waals surface area contributed by atoms with Gasteiger partial charge in [-0.1, -0.05) is 6.07 Å². The number of morpholine rings is 1. The molecule has 0 atom stereocenters. The molecule has 1 N–H and O–H groups in total. The van der Waals surface area contributed by atoms with Crippen LogP contribution in [0.3, 0.4) is 0 Å². The summed E-state index contributed by atoms with van der Waals surface area (Å²) >= 11 is 0. The SMILES string of the molecule is c1cc2c(cc1CCN1CCOCC1)NCCO2. The lowest BCUT2D eigenvalue weighted by Crippen LogP contribution is -2.37. The largest absolute Gasteiger partial charge is 0.490 e. The monoisotopic (exact) mass is 248 g/mol. The lowest BCUT2D eigenvalue weighted by molar-refractivity contribution is 0.0384. The van der Waals surface area contributed by atoms with E-state index in [9.17, 15) is 0 Å². The molecule has 0 amide bonds. The molecule has 1 aromatic rings. The Labute approximate surface area is 108 Å². The van der Waals surface area contributed by atoms with E-state index in [2.05, 4.69) is 28.4 Å². The Morgan fingerprint density at radius 2 is 2.06 bits per heavy atom. The minimum absolute atomic E-state index is 0.764. The number of nitrogens with one attached hydrogen (secondary N) is 1. The number of rotatable bonds is 3. The van der Waals surface area contributed by atoms with Crippen molar-refractivity contribution in [2.45, 2.75) is 6.42 Å². The molecule has 2 aliphatic heterocycles. The maximum atomic E-state index is 5.58. The first-order valence-electron chi connectivity index (χ1n) is 6.71. The van der Waals surface area contributed by atoms with Crippen LogP contribution < -0.4 is 10.1 Å². The minimum atomic E-state index is 0.764. The number of nitrogens with zero attached hydrogens (tertiary/aromatic N) is 1. The summed E-state index contributed by atoms with van der Waals surface area (Å²) in [7, 11) is 0. The smallest absolute Gasteiger partial charge is 0.142 e. The Balaban J connectivity index is 1.58. The van der Waals surface area contributed by atoms with E-state index < -0.39 is 0 Å². The van der Waals surface area contributed by atoms with E-state index in [1.54, 1.807) is 0 Å². The summed E-state index contributed by atoms with van der Waals surface area (Å²) in [5.41, 5.74) is 2.51. The third kappa shape index (κ3) is 2.76. The number of ether oxygens (including phenoxy) is 2. The molecule has 0 spiro atoms. The number of benzene rings is 1. The molecule has 98 valence electrons. The van der Waals surface area contributed by atoms with Crippen LogP contribution in [0.2, 0.25) is 0 Å². The van der Waals surface area contributed by atoms with Crippen LogP contribution in [0.25, 0.3) is 0 Å². The van der Waals surface area contributed by atoms with Crippen LogP contribution in [0.5, 0.6) is 5.75 Å². The van der Waals surface area contributed by atoms with Crippen LogP contribution in [0, 0.1) is 0 Å². The molecule has 1 fully saturated rings. The lowest BCUT2D eigenvalue weighted by atomic mass is 10.1. The van der Waals surface area contributed by atoms with Gasteiger partial charge in [-0.3, -0.25) is 4.90 Å². The third-order valence-corrected chi connectivity index (χ3v) is 3.54. The number of fused-ring (bicyclic) bond motifs is 1. The number of hydrogen-bond acceptors (Lipinski definition) is 4. The van der Waals surface area contributed by atoms with Crippen LogP contribution in [0.1, 0.15) is 5.56 Å². The van der Waals surface area contributed by atoms with E-state index in [-0.39, 0.29) is 0 Å². The molecule has 0 aliphatic carbocycles. The normalized spacial score (nSPS) is 19.8. The molecule has 0 bridgehead atoms. The molecule has 0 aromatic heterocycles. The van der Waals surface area contributed by atoms with Gasteiger partial charge in [-0.15, -0.1) is 0 Å². The number of hydrogen-bond donors (Lipinski definition) is 1. The molecule has 4 nitrogen and oxygen atoms in total. The van der Waals surface area contributed by atoms with E-state index >= 15 is 0 Å². The van der Waals surface area contributed by atoms with E-state index in [1.165, 1.54) is 5.56 Å². The van der Waals surface area contributed by atoms with Gasteiger partial charge >= 0.3 is 0 Å². The fourth-order valence-corrected chi connectivity index (χ4v) is 2.46. The van der Waals surface area contributed by atoms with Crippen molar-refractivity contribution in [1.82, 2.24) is 4.90 Å². The first-order valence-corrected chi connectivity index (χ1v) is 6.71. The lowest BCUT2D eigenvalue weighted by Gasteiger charge is -2.26. The van der Waals surface area contributed by atoms with Crippen molar-refractivity contribution in [3.05, 3.63) is 23.8 Å². The molecular weight excluding hydrogens is 228 g/mol. The summed E-state index contributed by atoms with van der Waals surface area (Å²) in [4.78, 5) is 2.47. The molecule has 0 radical (unpaired) electrons. The fraction of sp³-hybridized carbons (Fsp3) is 0.571. The summed E-state index contributed by atoms with van der Waals surface area (Å²) in [6, 6.07) is 6.47. The second-order valence-electron chi connectivity index (χ2n) is 4.81. The van der Waals surface area contributed by atoms with Crippen molar-refractivity contribution in [3.8, 4) is 5.75 Å². The Morgan fingerprint density at radius 1 is 1.17 bits per heavy atom. The average molecular weight is 248 g/mol. The topological polar surface area (TPSA) is 33.7 Å². The van der Waals surface area contributed by atoms with Crippen molar-refractivity contribution in [2.24, 2.45) is 0 Å². The van der Waals surface area contributed by atoms with Gasteiger partial charge in [0.2, 0.25) is 0 Å². The molecule has 2 heterocycles. The van der Waals surface area contributed by atoms with E-state index in [0.29, 0.717) is 0 Å². The Hall–Kier alpha value is -1.26. The zero-order valence-electron chi connectivity index (χ0n) is 10.7. The maximum Gasteiger partial charge on any atom is 0.142 e. The highest BCUT2D eigenvalue weighted by atomic mass is 16.5. The number of anilines is 1. The van der Waals surface area contributed by atoms with Gasteiger partial charge in [0.15, 0.2) is 0 Å². The first kappa shape index (κ1) is 11.8. The molecule has 4 heteroatoms. The van der Waals surface area contributed by atoms with Gasteiger partial charge in [0.05, 0.1) is 18.9 Å². The second-order valence-corrected chi connectivity index (χ2v) is 4.81. The van der Waals surface area contributed by atoms with Gasteiger partial charge in [-0.25, -0.2) is 0 Å². The van der Waals surface area contributed by atoms with Gasteiger partial charge in [-0.05, 0) is 24.1 Å². The molecular formula is C14H20N2O2. The molecule has 18 heavy (non-hydrogen) atoms. The summed E-state index contributed by atoms with van der Waals surface area (Å²) in [6.07, 6.45) is 1.09. The third-order valence-electron chi connectivity index (χ3n) is 3.54. The Kier molecular flexibility index (Phi) is 3.67.